The first kappa shape index (κ1) is 15.9. The Bertz CT molecular complexity index is 904. The molecule has 3 aliphatic rings. The van der Waals surface area contributed by atoms with Crippen molar-refractivity contribution in [3.05, 3.63) is 51.7 Å². The molecule has 2 heterocycles. The summed E-state index contributed by atoms with van der Waals surface area (Å²) in [5.41, 5.74) is 2.31. The van der Waals surface area contributed by atoms with E-state index in [-0.39, 0.29) is 11.3 Å². The number of aromatic amines is 1. The third-order valence-electron chi connectivity index (χ3n) is 5.03. The van der Waals surface area contributed by atoms with E-state index in [4.69, 9.17) is 4.98 Å². The zero-order chi connectivity index (χ0) is 17.4. The van der Waals surface area contributed by atoms with Crippen LogP contribution in [0.4, 0.5) is 0 Å². The molecule has 4 rings (SSSR count). The van der Waals surface area contributed by atoms with E-state index in [0.29, 0.717) is 23.9 Å². The molecule has 0 atom stereocenters. The zero-order valence-electron chi connectivity index (χ0n) is 14.3. The molecule has 0 unspecified atom stereocenters. The highest BCUT2D eigenvalue weighted by molar-refractivity contribution is 5.59. The molecule has 0 amide bonds. The molecule has 2 aliphatic heterocycles. The third-order valence-corrected chi connectivity index (χ3v) is 5.03. The van der Waals surface area contributed by atoms with Crippen LogP contribution >= 0.6 is 0 Å². The van der Waals surface area contributed by atoms with E-state index in [0.717, 1.165) is 36.3 Å². The number of nitrogens with zero attached hydrogens (tertiary/aromatic N) is 3. The molecule has 130 valence electrons. The number of nitrogens with one attached hydrogen (secondary N) is 1. The van der Waals surface area contributed by atoms with Gasteiger partial charge in [-0.3, -0.25) is 14.6 Å². The number of H-pyrrole nitrogens is 1. The van der Waals surface area contributed by atoms with Gasteiger partial charge in [-0.2, -0.15) is 4.98 Å². The fourth-order valence-electron chi connectivity index (χ4n) is 3.72. The van der Waals surface area contributed by atoms with Crippen molar-refractivity contribution in [2.75, 3.05) is 0 Å². The summed E-state index contributed by atoms with van der Waals surface area (Å²) in [4.78, 5) is 21.6. The highest BCUT2D eigenvalue weighted by Crippen LogP contribution is 2.33. The Labute approximate surface area is 145 Å². The summed E-state index contributed by atoms with van der Waals surface area (Å²) in [6.45, 7) is 2.04. The van der Waals surface area contributed by atoms with Crippen LogP contribution in [0.1, 0.15) is 55.7 Å². The number of fused-ring (bicyclic) bond motifs is 1. The monoisotopic (exact) mass is 338 g/mol. The summed E-state index contributed by atoms with van der Waals surface area (Å²) < 4.78 is 2.09. The van der Waals surface area contributed by atoms with Crippen LogP contribution in [0.3, 0.4) is 0 Å². The molecule has 2 N–H and O–H groups in total. The summed E-state index contributed by atoms with van der Waals surface area (Å²) >= 11 is 0. The molecule has 1 aromatic carbocycles. The summed E-state index contributed by atoms with van der Waals surface area (Å²) in [6, 6.07) is 7.31. The Balaban J connectivity index is 1.78. The molecule has 6 nitrogen and oxygen atoms in total. The van der Waals surface area contributed by atoms with Crippen LogP contribution in [-0.2, 0) is 12.8 Å². The number of phenols is 1. The predicted molar refractivity (Wildman–Crippen MR) is 95.1 cm³/mol. The number of benzene rings is 1. The molecular formula is C19H22N4O2. The van der Waals surface area contributed by atoms with E-state index < -0.39 is 0 Å². The van der Waals surface area contributed by atoms with E-state index >= 15 is 0 Å². The second-order valence-electron chi connectivity index (χ2n) is 6.74. The van der Waals surface area contributed by atoms with Crippen molar-refractivity contribution in [2.45, 2.75) is 51.5 Å². The number of aromatic nitrogens is 4. The summed E-state index contributed by atoms with van der Waals surface area (Å²) in [6.07, 6.45) is 5.91. The van der Waals surface area contributed by atoms with Crippen LogP contribution in [0.15, 0.2) is 29.1 Å². The maximum Gasteiger partial charge on any atom is 0.284 e. The predicted octanol–water partition coefficient (Wildman–Crippen LogP) is 3.05. The largest absolute Gasteiger partial charge is 0.508 e. The second-order valence-corrected chi connectivity index (χ2v) is 6.74. The van der Waals surface area contributed by atoms with Crippen molar-refractivity contribution >= 4 is 0 Å². The SMILES string of the molecule is CCc1[nH]n(C2CCCC2)c2nc(Cc3ccc(O)cc3)nc(=O)c1-2. The molecule has 0 radical (unpaired) electrons. The van der Waals surface area contributed by atoms with Gasteiger partial charge in [0.1, 0.15) is 17.1 Å². The van der Waals surface area contributed by atoms with Crippen molar-refractivity contribution in [3.8, 4) is 17.1 Å². The number of phenolic OH excluding ortho intramolecular Hbond substituents is 1. The van der Waals surface area contributed by atoms with Gasteiger partial charge in [-0.05, 0) is 37.0 Å². The van der Waals surface area contributed by atoms with Gasteiger partial charge < -0.3 is 5.11 Å². The van der Waals surface area contributed by atoms with Crippen LogP contribution in [0.25, 0.3) is 11.4 Å². The van der Waals surface area contributed by atoms with E-state index in [9.17, 15) is 9.90 Å². The van der Waals surface area contributed by atoms with Gasteiger partial charge >= 0.3 is 0 Å². The first-order chi connectivity index (χ1) is 12.2. The lowest BCUT2D eigenvalue weighted by Crippen LogP contribution is -2.18. The fraction of sp³-hybridized carbons (Fsp3) is 0.421. The maximum atomic E-state index is 12.6. The standard InChI is InChI=1S/C19H22N4O2/c1-2-15-17-18(23(22-15)13-5-3-4-6-13)20-16(21-19(17)25)11-12-7-9-14(24)10-8-12/h7-10,13,22,24H,2-6,11H2,1H3. The highest BCUT2D eigenvalue weighted by atomic mass is 16.3. The Morgan fingerprint density at radius 2 is 1.92 bits per heavy atom. The van der Waals surface area contributed by atoms with E-state index in [1.807, 2.05) is 19.1 Å². The van der Waals surface area contributed by atoms with Gasteiger partial charge in [-0.1, -0.05) is 31.9 Å². The quantitative estimate of drug-likeness (QED) is 0.766. The van der Waals surface area contributed by atoms with Gasteiger partial charge in [0.15, 0.2) is 5.82 Å². The number of aryl methyl sites for hydroxylation is 1. The molecule has 0 aromatic heterocycles. The van der Waals surface area contributed by atoms with Crippen molar-refractivity contribution in [2.24, 2.45) is 0 Å². The van der Waals surface area contributed by atoms with Crippen LogP contribution in [0, 0.1) is 0 Å². The minimum absolute atomic E-state index is 0.205. The van der Waals surface area contributed by atoms with Gasteiger partial charge in [0, 0.05) is 12.1 Å². The number of hydrogen-bond donors (Lipinski definition) is 2. The molecule has 1 aromatic rings. The lowest BCUT2D eigenvalue weighted by Gasteiger charge is -2.13. The molecule has 1 aliphatic carbocycles. The number of hydrogen-bond acceptors (Lipinski definition) is 4. The summed E-state index contributed by atoms with van der Waals surface area (Å²) in [5, 5.41) is 12.8. The molecule has 25 heavy (non-hydrogen) atoms. The lowest BCUT2D eigenvalue weighted by molar-refractivity contribution is 0.464. The smallest absolute Gasteiger partial charge is 0.284 e. The highest BCUT2D eigenvalue weighted by Gasteiger charge is 2.27. The summed E-state index contributed by atoms with van der Waals surface area (Å²) in [5.74, 6) is 1.48. The zero-order valence-corrected chi connectivity index (χ0v) is 14.3. The topological polar surface area (TPSA) is 83.8 Å². The Kier molecular flexibility index (Phi) is 4.03. The van der Waals surface area contributed by atoms with Gasteiger partial charge in [0.25, 0.3) is 5.56 Å². The average molecular weight is 338 g/mol. The van der Waals surface area contributed by atoms with Gasteiger partial charge in [0.2, 0.25) is 0 Å². The minimum atomic E-state index is -0.205. The Morgan fingerprint density at radius 1 is 1.20 bits per heavy atom. The van der Waals surface area contributed by atoms with Crippen LogP contribution < -0.4 is 5.56 Å². The van der Waals surface area contributed by atoms with E-state index in [1.54, 1.807) is 12.1 Å². The number of rotatable bonds is 4. The molecule has 0 spiro atoms. The average Bonchev–Trinajstić information content (AvgIpc) is 3.24. The van der Waals surface area contributed by atoms with Gasteiger partial charge in [-0.15, -0.1) is 0 Å². The van der Waals surface area contributed by atoms with Crippen molar-refractivity contribution in [3.63, 3.8) is 0 Å². The Hall–Kier alpha value is -2.63. The Morgan fingerprint density at radius 3 is 2.60 bits per heavy atom. The van der Waals surface area contributed by atoms with Gasteiger partial charge in [-0.25, -0.2) is 4.98 Å². The van der Waals surface area contributed by atoms with Crippen LogP contribution in [0.2, 0.25) is 0 Å². The first-order valence-electron chi connectivity index (χ1n) is 8.93. The van der Waals surface area contributed by atoms with Crippen molar-refractivity contribution < 1.29 is 5.11 Å². The number of aromatic hydroxyl groups is 1. The van der Waals surface area contributed by atoms with E-state index in [1.165, 1.54) is 12.8 Å². The minimum Gasteiger partial charge on any atom is -0.508 e. The molecule has 6 heteroatoms. The van der Waals surface area contributed by atoms with E-state index in [2.05, 4.69) is 14.8 Å². The molecular weight excluding hydrogens is 316 g/mol. The maximum absolute atomic E-state index is 12.6. The van der Waals surface area contributed by atoms with Crippen LogP contribution in [-0.4, -0.2) is 24.9 Å². The molecule has 1 saturated carbocycles. The third kappa shape index (κ3) is 2.92. The molecule has 0 bridgehead atoms. The molecule has 0 saturated heterocycles. The summed E-state index contributed by atoms with van der Waals surface area (Å²) in [7, 11) is 0. The van der Waals surface area contributed by atoms with Crippen LogP contribution in [0.5, 0.6) is 5.75 Å². The normalized spacial score (nSPS) is 15.2. The van der Waals surface area contributed by atoms with Gasteiger partial charge in [0.05, 0.1) is 6.04 Å². The van der Waals surface area contributed by atoms with Crippen molar-refractivity contribution in [1.29, 1.82) is 0 Å². The first-order valence-corrected chi connectivity index (χ1v) is 8.93. The fourth-order valence-corrected chi connectivity index (χ4v) is 3.72. The second kappa shape index (κ2) is 6.35. The van der Waals surface area contributed by atoms with Crippen molar-refractivity contribution in [1.82, 2.24) is 19.7 Å². The lowest BCUT2D eigenvalue weighted by atomic mass is 10.1. The molecule has 1 fully saturated rings.